The summed E-state index contributed by atoms with van der Waals surface area (Å²) in [6.45, 7) is 5.42. The Bertz CT molecular complexity index is 1000. The minimum Gasteiger partial charge on any atom is -0.462 e. The molecule has 1 aromatic carbocycles. The molecule has 0 atom stereocenters. The van der Waals surface area contributed by atoms with Gasteiger partial charge in [0.25, 0.3) is 0 Å². The zero-order chi connectivity index (χ0) is 21.1. The Labute approximate surface area is 169 Å². The van der Waals surface area contributed by atoms with E-state index in [-0.39, 0.29) is 17.4 Å². The first-order valence-corrected chi connectivity index (χ1v) is 9.05. The van der Waals surface area contributed by atoms with Crippen LogP contribution in [0, 0.1) is 0 Å². The predicted molar refractivity (Wildman–Crippen MR) is 101 cm³/mol. The molecule has 0 aliphatic heterocycles. The molecule has 3 aromatic rings. The third kappa shape index (κ3) is 4.39. The number of aromatic nitrogens is 3. The van der Waals surface area contributed by atoms with Crippen molar-refractivity contribution in [1.82, 2.24) is 14.4 Å². The molecule has 0 bridgehead atoms. The van der Waals surface area contributed by atoms with Crippen LogP contribution in [0.3, 0.4) is 0 Å². The predicted octanol–water partition coefficient (Wildman–Crippen LogP) is 5.92. The van der Waals surface area contributed by atoms with Gasteiger partial charge in [-0.1, -0.05) is 37.0 Å². The fraction of sp³-hybridized carbons (Fsp3) is 0.278. The Hall–Kier alpha value is -2.32. The summed E-state index contributed by atoms with van der Waals surface area (Å²) in [5, 5.41) is 0.675. The van der Waals surface area contributed by atoms with Crippen LogP contribution in [0.25, 0.3) is 17.0 Å². The Morgan fingerprint density at radius 2 is 1.93 bits per heavy atom. The van der Waals surface area contributed by atoms with Crippen LogP contribution in [0.2, 0.25) is 10.0 Å². The van der Waals surface area contributed by atoms with Crippen LogP contribution in [0.1, 0.15) is 36.8 Å². The van der Waals surface area contributed by atoms with Gasteiger partial charge in [0.1, 0.15) is 5.56 Å². The summed E-state index contributed by atoms with van der Waals surface area (Å²) in [6.07, 6.45) is -2.53. The third-order valence-corrected chi connectivity index (χ3v) is 4.02. The zero-order valence-corrected chi connectivity index (χ0v) is 16.7. The molecule has 0 N–H and O–H groups in total. The number of carbonyl (C=O) groups excluding carboxylic acids is 1. The Morgan fingerprint density at radius 1 is 1.25 bits per heavy atom. The highest BCUT2D eigenvalue weighted by molar-refractivity contribution is 6.36. The molecule has 0 fully saturated rings. The molecular weight excluding hydrogens is 418 g/mol. The van der Waals surface area contributed by atoms with E-state index < -0.39 is 23.4 Å². The van der Waals surface area contributed by atoms with Gasteiger partial charge in [-0.05, 0) is 25.1 Å². The maximum Gasteiger partial charge on any atom is 0.434 e. The Morgan fingerprint density at radius 3 is 2.50 bits per heavy atom. The van der Waals surface area contributed by atoms with Crippen molar-refractivity contribution in [2.24, 2.45) is 0 Å². The summed E-state index contributed by atoms with van der Waals surface area (Å²) in [5.74, 6) is -1.36. The second-order valence-corrected chi connectivity index (χ2v) is 6.00. The molecule has 0 saturated heterocycles. The smallest absolute Gasteiger partial charge is 0.434 e. The first kappa shape index (κ1) is 22.0. The van der Waals surface area contributed by atoms with Gasteiger partial charge in [0.05, 0.1) is 23.5 Å². The third-order valence-electron chi connectivity index (χ3n) is 3.47. The van der Waals surface area contributed by atoms with Crippen molar-refractivity contribution < 1.29 is 22.7 Å². The van der Waals surface area contributed by atoms with Gasteiger partial charge in [0.15, 0.2) is 5.69 Å². The molecule has 3 rings (SSSR count). The first-order chi connectivity index (χ1) is 13.2. The molecule has 28 heavy (non-hydrogen) atoms. The number of hydrogen-bond acceptors (Lipinski definition) is 4. The monoisotopic (exact) mass is 433 g/mol. The standard InChI is InChI=1S/C16H10Cl2F3N3O2.C2H6/c1-2-26-14(25)10-7-24-12(9-4-3-8(17)5-11(9)18)6-22-15(24)23-13(10)16(19,20)21;1-2/h3-7H,2H2,1H3;1-2H3. The number of imidazole rings is 1. The van der Waals surface area contributed by atoms with Gasteiger partial charge in [-0.3, -0.25) is 4.40 Å². The molecule has 0 unspecified atom stereocenters. The van der Waals surface area contributed by atoms with Gasteiger partial charge >= 0.3 is 12.1 Å². The number of alkyl halides is 3. The summed E-state index contributed by atoms with van der Waals surface area (Å²) >= 11 is 12.0. The van der Waals surface area contributed by atoms with E-state index in [2.05, 4.69) is 9.97 Å². The molecule has 10 heteroatoms. The molecule has 0 aliphatic rings. The van der Waals surface area contributed by atoms with Crippen molar-refractivity contribution >= 4 is 34.9 Å². The number of rotatable bonds is 3. The normalized spacial score (nSPS) is 11.1. The lowest BCUT2D eigenvalue weighted by molar-refractivity contribution is -0.141. The van der Waals surface area contributed by atoms with Gasteiger partial charge in [-0.25, -0.2) is 14.8 Å². The number of ether oxygens (including phenoxy) is 1. The summed E-state index contributed by atoms with van der Waals surface area (Å²) < 4.78 is 45.8. The van der Waals surface area contributed by atoms with E-state index in [0.29, 0.717) is 16.3 Å². The fourth-order valence-electron chi connectivity index (χ4n) is 2.38. The van der Waals surface area contributed by atoms with E-state index in [1.807, 2.05) is 13.8 Å². The fourth-order valence-corrected chi connectivity index (χ4v) is 2.89. The van der Waals surface area contributed by atoms with E-state index in [0.717, 1.165) is 6.20 Å². The zero-order valence-electron chi connectivity index (χ0n) is 15.1. The van der Waals surface area contributed by atoms with E-state index in [4.69, 9.17) is 27.9 Å². The van der Waals surface area contributed by atoms with Crippen molar-refractivity contribution in [3.05, 3.63) is 51.9 Å². The minimum atomic E-state index is -4.84. The highest BCUT2D eigenvalue weighted by Crippen LogP contribution is 2.34. The topological polar surface area (TPSA) is 56.5 Å². The highest BCUT2D eigenvalue weighted by Gasteiger charge is 2.39. The summed E-state index contributed by atoms with van der Waals surface area (Å²) in [4.78, 5) is 19.4. The number of hydrogen-bond donors (Lipinski definition) is 0. The second kappa shape index (κ2) is 8.79. The lowest BCUT2D eigenvalue weighted by atomic mass is 10.1. The highest BCUT2D eigenvalue weighted by atomic mass is 35.5. The largest absolute Gasteiger partial charge is 0.462 e. The molecule has 5 nitrogen and oxygen atoms in total. The van der Waals surface area contributed by atoms with Crippen LogP contribution in [-0.4, -0.2) is 26.9 Å². The lowest BCUT2D eigenvalue weighted by Crippen LogP contribution is -2.19. The quantitative estimate of drug-likeness (QED) is 0.480. The van der Waals surface area contributed by atoms with E-state index in [1.165, 1.54) is 23.6 Å². The second-order valence-electron chi connectivity index (χ2n) is 5.16. The number of esters is 1. The van der Waals surface area contributed by atoms with Crippen LogP contribution >= 0.6 is 23.2 Å². The maximum atomic E-state index is 13.3. The molecule has 0 spiro atoms. The molecule has 0 radical (unpaired) electrons. The van der Waals surface area contributed by atoms with E-state index in [1.54, 1.807) is 12.1 Å². The van der Waals surface area contributed by atoms with Gasteiger partial charge in [-0.15, -0.1) is 0 Å². The van der Waals surface area contributed by atoms with Gasteiger partial charge in [0, 0.05) is 16.8 Å². The minimum absolute atomic E-state index is 0.0754. The summed E-state index contributed by atoms with van der Waals surface area (Å²) in [6, 6.07) is 4.66. The number of carbonyl (C=O) groups is 1. The van der Waals surface area contributed by atoms with Gasteiger partial charge < -0.3 is 4.74 Å². The molecule has 0 saturated carbocycles. The van der Waals surface area contributed by atoms with Crippen LogP contribution in [0.15, 0.2) is 30.6 Å². The molecule has 2 aromatic heterocycles. The number of halogens is 5. The van der Waals surface area contributed by atoms with Crippen LogP contribution in [0.5, 0.6) is 0 Å². The maximum absolute atomic E-state index is 13.3. The van der Waals surface area contributed by atoms with Crippen LogP contribution in [0.4, 0.5) is 13.2 Å². The van der Waals surface area contributed by atoms with Crippen molar-refractivity contribution in [3.8, 4) is 11.3 Å². The SMILES string of the molecule is CC.CCOC(=O)c1cn2c(-c3ccc(Cl)cc3Cl)cnc2nc1C(F)(F)F. The average molecular weight is 434 g/mol. The molecule has 0 aliphatic carbocycles. The number of fused-ring (bicyclic) bond motifs is 1. The Balaban J connectivity index is 0.00000136. The lowest BCUT2D eigenvalue weighted by Gasteiger charge is -2.12. The van der Waals surface area contributed by atoms with Crippen LogP contribution in [-0.2, 0) is 10.9 Å². The van der Waals surface area contributed by atoms with Crippen molar-refractivity contribution in [2.75, 3.05) is 6.61 Å². The summed E-state index contributed by atoms with van der Waals surface area (Å²) in [5.41, 5.74) is -1.24. The van der Waals surface area contributed by atoms with Crippen molar-refractivity contribution in [2.45, 2.75) is 26.9 Å². The summed E-state index contributed by atoms with van der Waals surface area (Å²) in [7, 11) is 0. The molecule has 0 amide bonds. The molecular formula is C18H16Cl2F3N3O2. The van der Waals surface area contributed by atoms with E-state index in [9.17, 15) is 18.0 Å². The number of nitrogens with zero attached hydrogens (tertiary/aromatic N) is 3. The van der Waals surface area contributed by atoms with Crippen molar-refractivity contribution in [1.29, 1.82) is 0 Å². The van der Waals surface area contributed by atoms with Gasteiger partial charge in [0.2, 0.25) is 5.78 Å². The average Bonchev–Trinajstić information content (AvgIpc) is 3.05. The van der Waals surface area contributed by atoms with Gasteiger partial charge in [-0.2, -0.15) is 13.2 Å². The van der Waals surface area contributed by atoms with Crippen molar-refractivity contribution in [3.63, 3.8) is 0 Å². The molecule has 2 heterocycles. The van der Waals surface area contributed by atoms with E-state index >= 15 is 0 Å². The number of benzene rings is 1. The molecule has 150 valence electrons. The first-order valence-electron chi connectivity index (χ1n) is 8.30. The van der Waals surface area contributed by atoms with Crippen LogP contribution < -0.4 is 0 Å². The Kier molecular flexibility index (Phi) is 6.90.